The second-order valence-electron chi connectivity index (χ2n) is 5.01. The summed E-state index contributed by atoms with van der Waals surface area (Å²) in [6.07, 6.45) is 5.53. The first-order chi connectivity index (χ1) is 7.66. The first kappa shape index (κ1) is 10.6. The van der Waals surface area contributed by atoms with Crippen molar-refractivity contribution in [3.05, 3.63) is 27.7 Å². The maximum absolute atomic E-state index is 6.13. The summed E-state index contributed by atoms with van der Waals surface area (Å²) in [5.74, 6) is 1.12. The highest BCUT2D eigenvalue weighted by molar-refractivity contribution is 9.10. The molecule has 2 aliphatic rings. The highest BCUT2D eigenvalue weighted by Gasteiger charge is 2.37. The van der Waals surface area contributed by atoms with Crippen LogP contribution in [0.3, 0.4) is 0 Å². The molecule has 1 aromatic rings. The highest BCUT2D eigenvalue weighted by atomic mass is 79.9. The van der Waals surface area contributed by atoms with E-state index in [1.165, 1.54) is 24.0 Å². The average Bonchev–Trinajstić information content (AvgIpc) is 2.79. The van der Waals surface area contributed by atoms with Gasteiger partial charge in [-0.25, -0.2) is 0 Å². The predicted molar refractivity (Wildman–Crippen MR) is 67.8 cm³/mol. The first-order valence-electron chi connectivity index (χ1n) is 5.89. The van der Waals surface area contributed by atoms with Gasteiger partial charge in [0.05, 0.1) is 6.61 Å². The van der Waals surface area contributed by atoms with Crippen LogP contribution < -0.4 is 10.5 Å². The van der Waals surface area contributed by atoms with Gasteiger partial charge in [0, 0.05) is 16.4 Å². The average molecular weight is 282 g/mol. The fourth-order valence-electron chi connectivity index (χ4n) is 2.33. The standard InChI is InChI=1S/C13H16BrNO/c14-11-7-9(1-3-13(15)4-5-13)12-10(8-11)2-6-16-12/h7-8H,1-6,15H2. The molecule has 0 unspecified atom stereocenters. The van der Waals surface area contributed by atoms with E-state index >= 15 is 0 Å². The van der Waals surface area contributed by atoms with Gasteiger partial charge in [-0.15, -0.1) is 0 Å². The van der Waals surface area contributed by atoms with Crippen molar-refractivity contribution in [1.82, 2.24) is 0 Å². The Bertz CT molecular complexity index is 426. The maximum atomic E-state index is 6.13. The Morgan fingerprint density at radius 3 is 2.94 bits per heavy atom. The third-order valence-corrected chi connectivity index (χ3v) is 4.07. The topological polar surface area (TPSA) is 35.2 Å². The van der Waals surface area contributed by atoms with Gasteiger partial charge in [0.2, 0.25) is 0 Å². The Kier molecular flexibility index (Phi) is 2.48. The SMILES string of the molecule is NC1(CCc2cc(Br)cc3c2OCC3)CC1. The number of fused-ring (bicyclic) bond motifs is 1. The molecule has 1 heterocycles. The van der Waals surface area contributed by atoms with E-state index in [-0.39, 0.29) is 5.54 Å². The van der Waals surface area contributed by atoms with Gasteiger partial charge in [-0.05, 0) is 48.9 Å². The number of hydrogen-bond acceptors (Lipinski definition) is 2. The minimum Gasteiger partial charge on any atom is -0.493 e. The van der Waals surface area contributed by atoms with E-state index in [2.05, 4.69) is 28.1 Å². The van der Waals surface area contributed by atoms with Gasteiger partial charge < -0.3 is 10.5 Å². The lowest BCUT2D eigenvalue weighted by Gasteiger charge is -2.12. The van der Waals surface area contributed by atoms with Gasteiger partial charge in [0.1, 0.15) is 5.75 Å². The number of benzene rings is 1. The number of nitrogens with two attached hydrogens (primary N) is 1. The van der Waals surface area contributed by atoms with Crippen LogP contribution >= 0.6 is 15.9 Å². The molecular weight excluding hydrogens is 266 g/mol. The van der Waals surface area contributed by atoms with Crippen LogP contribution in [0.4, 0.5) is 0 Å². The van der Waals surface area contributed by atoms with E-state index in [1.807, 2.05) is 0 Å². The van der Waals surface area contributed by atoms with Crippen molar-refractivity contribution in [2.75, 3.05) is 6.61 Å². The fourth-order valence-corrected chi connectivity index (χ4v) is 2.88. The molecule has 0 atom stereocenters. The normalized spacial score (nSPS) is 20.4. The summed E-state index contributed by atoms with van der Waals surface area (Å²) in [7, 11) is 0. The molecule has 3 heteroatoms. The minimum atomic E-state index is 0.133. The fraction of sp³-hybridized carbons (Fsp3) is 0.538. The Hall–Kier alpha value is -0.540. The quantitative estimate of drug-likeness (QED) is 0.925. The molecular formula is C13H16BrNO. The van der Waals surface area contributed by atoms with Crippen LogP contribution in [0, 0.1) is 0 Å². The van der Waals surface area contributed by atoms with Gasteiger partial charge in [-0.1, -0.05) is 15.9 Å². The predicted octanol–water partition coefficient (Wildman–Crippen LogP) is 2.81. The Labute approximate surface area is 104 Å². The molecule has 0 saturated heterocycles. The van der Waals surface area contributed by atoms with E-state index in [0.29, 0.717) is 0 Å². The van der Waals surface area contributed by atoms with Gasteiger partial charge in [-0.2, -0.15) is 0 Å². The maximum Gasteiger partial charge on any atom is 0.125 e. The molecule has 2 N–H and O–H groups in total. The molecule has 0 amide bonds. The molecule has 1 aromatic carbocycles. The molecule has 16 heavy (non-hydrogen) atoms. The summed E-state index contributed by atoms with van der Waals surface area (Å²) in [5.41, 5.74) is 8.92. The van der Waals surface area contributed by atoms with E-state index in [1.54, 1.807) is 0 Å². The van der Waals surface area contributed by atoms with Crippen molar-refractivity contribution in [2.24, 2.45) is 5.73 Å². The first-order valence-corrected chi connectivity index (χ1v) is 6.69. The number of aryl methyl sites for hydroxylation is 1. The summed E-state index contributed by atoms with van der Waals surface area (Å²) >= 11 is 3.57. The van der Waals surface area contributed by atoms with Crippen molar-refractivity contribution in [1.29, 1.82) is 0 Å². The van der Waals surface area contributed by atoms with Crippen molar-refractivity contribution in [2.45, 2.75) is 37.6 Å². The Morgan fingerprint density at radius 1 is 1.38 bits per heavy atom. The second-order valence-corrected chi connectivity index (χ2v) is 5.93. The van der Waals surface area contributed by atoms with Crippen LogP contribution in [0.25, 0.3) is 0 Å². The Morgan fingerprint density at radius 2 is 2.19 bits per heavy atom. The zero-order chi connectivity index (χ0) is 11.2. The monoisotopic (exact) mass is 281 g/mol. The molecule has 0 radical (unpaired) electrons. The summed E-state index contributed by atoms with van der Waals surface area (Å²) in [6, 6.07) is 4.34. The van der Waals surface area contributed by atoms with E-state index in [9.17, 15) is 0 Å². The largest absolute Gasteiger partial charge is 0.493 e. The molecule has 0 spiro atoms. The van der Waals surface area contributed by atoms with E-state index in [4.69, 9.17) is 10.5 Å². The van der Waals surface area contributed by atoms with Gasteiger partial charge in [-0.3, -0.25) is 0 Å². The second kappa shape index (κ2) is 3.74. The number of ether oxygens (including phenoxy) is 1. The van der Waals surface area contributed by atoms with Crippen molar-refractivity contribution in [3.63, 3.8) is 0 Å². The Balaban J connectivity index is 1.82. The van der Waals surface area contributed by atoms with Crippen LogP contribution in [0.2, 0.25) is 0 Å². The van der Waals surface area contributed by atoms with Crippen molar-refractivity contribution >= 4 is 15.9 Å². The molecule has 1 saturated carbocycles. The van der Waals surface area contributed by atoms with Crippen molar-refractivity contribution < 1.29 is 4.74 Å². The molecule has 1 aliphatic heterocycles. The third kappa shape index (κ3) is 1.98. The number of halogens is 1. The zero-order valence-electron chi connectivity index (χ0n) is 9.26. The zero-order valence-corrected chi connectivity index (χ0v) is 10.8. The molecule has 1 aliphatic carbocycles. The van der Waals surface area contributed by atoms with Gasteiger partial charge in [0.25, 0.3) is 0 Å². The van der Waals surface area contributed by atoms with Gasteiger partial charge in [0.15, 0.2) is 0 Å². The van der Waals surface area contributed by atoms with E-state index < -0.39 is 0 Å². The molecule has 86 valence electrons. The van der Waals surface area contributed by atoms with Gasteiger partial charge >= 0.3 is 0 Å². The summed E-state index contributed by atoms with van der Waals surface area (Å²) in [6.45, 7) is 0.826. The smallest absolute Gasteiger partial charge is 0.125 e. The molecule has 0 aromatic heterocycles. The summed E-state index contributed by atoms with van der Waals surface area (Å²) in [4.78, 5) is 0. The lowest BCUT2D eigenvalue weighted by Crippen LogP contribution is -2.22. The van der Waals surface area contributed by atoms with Crippen LogP contribution in [0.1, 0.15) is 30.4 Å². The van der Waals surface area contributed by atoms with Crippen LogP contribution in [-0.4, -0.2) is 12.1 Å². The highest BCUT2D eigenvalue weighted by Crippen LogP contribution is 2.39. The summed E-state index contributed by atoms with van der Waals surface area (Å²) < 4.78 is 6.87. The van der Waals surface area contributed by atoms with Crippen LogP contribution in [0.15, 0.2) is 16.6 Å². The number of hydrogen-bond donors (Lipinski definition) is 1. The molecule has 2 nitrogen and oxygen atoms in total. The van der Waals surface area contributed by atoms with Crippen LogP contribution in [0.5, 0.6) is 5.75 Å². The third-order valence-electron chi connectivity index (χ3n) is 3.61. The molecule has 0 bridgehead atoms. The molecule has 1 fully saturated rings. The minimum absolute atomic E-state index is 0.133. The van der Waals surface area contributed by atoms with Crippen LogP contribution in [-0.2, 0) is 12.8 Å². The lowest BCUT2D eigenvalue weighted by atomic mass is 10.0. The molecule has 3 rings (SSSR count). The van der Waals surface area contributed by atoms with Crippen molar-refractivity contribution in [3.8, 4) is 5.75 Å². The number of rotatable bonds is 3. The summed E-state index contributed by atoms with van der Waals surface area (Å²) in [5, 5.41) is 0. The lowest BCUT2D eigenvalue weighted by molar-refractivity contribution is 0.352. The van der Waals surface area contributed by atoms with E-state index in [0.717, 1.165) is 36.1 Å².